The third-order valence-corrected chi connectivity index (χ3v) is 3.95. The monoisotopic (exact) mass is 264 g/mol. The van der Waals surface area contributed by atoms with E-state index in [9.17, 15) is 5.11 Å². The number of hydrogen-bond donors (Lipinski definition) is 1. The Morgan fingerprint density at radius 1 is 1.05 bits per heavy atom. The number of nitrogens with zero attached hydrogens (tertiary/aromatic N) is 1. The van der Waals surface area contributed by atoms with Gasteiger partial charge in [-0.15, -0.1) is 0 Å². The number of furan rings is 1. The Morgan fingerprint density at radius 2 is 1.90 bits per heavy atom. The Labute approximate surface area is 116 Å². The summed E-state index contributed by atoms with van der Waals surface area (Å²) >= 11 is 0. The van der Waals surface area contributed by atoms with Crippen LogP contribution in [0.4, 0.5) is 0 Å². The van der Waals surface area contributed by atoms with Crippen LogP contribution in [0, 0.1) is 0 Å². The molecule has 1 aliphatic rings. The van der Waals surface area contributed by atoms with Crippen LogP contribution in [0.25, 0.3) is 11.1 Å². The van der Waals surface area contributed by atoms with Crippen molar-refractivity contribution < 1.29 is 14.1 Å². The molecule has 0 saturated heterocycles. The molecule has 0 fully saturated rings. The van der Waals surface area contributed by atoms with E-state index in [1.54, 1.807) is 12.5 Å². The van der Waals surface area contributed by atoms with Gasteiger partial charge in [0.1, 0.15) is 0 Å². The summed E-state index contributed by atoms with van der Waals surface area (Å²) in [5, 5.41) is 10.6. The zero-order valence-electron chi connectivity index (χ0n) is 10.9. The van der Waals surface area contributed by atoms with Crippen molar-refractivity contribution in [2.24, 2.45) is 0 Å². The van der Waals surface area contributed by atoms with Crippen molar-refractivity contribution in [2.75, 3.05) is 0 Å². The molecule has 0 unspecified atom stereocenters. The summed E-state index contributed by atoms with van der Waals surface area (Å²) in [6.45, 7) is 0.810. The van der Waals surface area contributed by atoms with Crippen LogP contribution in [0.15, 0.2) is 59.5 Å². The highest BCUT2D eigenvalue weighted by Gasteiger charge is 2.26. The number of hydrogen-bond acceptors (Lipinski definition) is 2. The third kappa shape index (κ3) is 1.63. The number of fused-ring (bicyclic) bond motifs is 2. The number of rotatable bonds is 1. The molecule has 1 aromatic carbocycles. The number of aromatic hydroxyl groups is 1. The molecule has 0 spiro atoms. The van der Waals surface area contributed by atoms with Crippen molar-refractivity contribution in [3.63, 3.8) is 0 Å². The predicted octanol–water partition coefficient (Wildman–Crippen LogP) is 2.89. The zero-order valence-corrected chi connectivity index (χ0v) is 10.9. The number of benzene rings is 1. The molecular weight excluding hydrogens is 250 g/mol. The lowest BCUT2D eigenvalue weighted by Crippen LogP contribution is -2.42. The van der Waals surface area contributed by atoms with Gasteiger partial charge >= 0.3 is 0 Å². The second-order valence-corrected chi connectivity index (χ2v) is 5.11. The first-order chi connectivity index (χ1) is 9.83. The van der Waals surface area contributed by atoms with Crippen LogP contribution in [0.3, 0.4) is 0 Å². The van der Waals surface area contributed by atoms with Gasteiger partial charge in [0.15, 0.2) is 18.5 Å². The molecule has 4 rings (SSSR count). The molecule has 1 N–H and O–H groups in total. The van der Waals surface area contributed by atoms with Gasteiger partial charge in [-0.05, 0) is 11.6 Å². The molecule has 0 saturated carbocycles. The van der Waals surface area contributed by atoms with Gasteiger partial charge in [-0.3, -0.25) is 0 Å². The lowest BCUT2D eigenvalue weighted by molar-refractivity contribution is -0.697. The first kappa shape index (κ1) is 11.3. The molecule has 20 heavy (non-hydrogen) atoms. The maximum atomic E-state index is 10.6. The fourth-order valence-corrected chi connectivity index (χ4v) is 2.86. The van der Waals surface area contributed by atoms with Gasteiger partial charge in [0, 0.05) is 22.8 Å². The molecule has 3 nitrogen and oxygen atoms in total. The van der Waals surface area contributed by atoms with Crippen molar-refractivity contribution in [1.82, 2.24) is 0 Å². The molecule has 0 amide bonds. The molecule has 0 radical (unpaired) electrons. The van der Waals surface area contributed by atoms with E-state index in [4.69, 9.17) is 4.42 Å². The van der Waals surface area contributed by atoms with Crippen molar-refractivity contribution in [2.45, 2.75) is 13.0 Å². The van der Waals surface area contributed by atoms with Crippen molar-refractivity contribution in [3.8, 4) is 16.9 Å². The fraction of sp³-hybridized carbons (Fsp3) is 0.118. The van der Waals surface area contributed by atoms with E-state index in [1.807, 2.05) is 24.4 Å². The smallest absolute Gasteiger partial charge is 0.228 e. The van der Waals surface area contributed by atoms with Crippen LogP contribution in [-0.4, -0.2) is 5.11 Å². The van der Waals surface area contributed by atoms with E-state index in [-0.39, 0.29) is 0 Å². The minimum absolute atomic E-state index is 0.350. The minimum Gasteiger partial charge on any atom is -0.502 e. The highest BCUT2D eigenvalue weighted by atomic mass is 16.3. The molecule has 3 heterocycles. The highest BCUT2D eigenvalue weighted by Crippen LogP contribution is 2.33. The Hall–Kier alpha value is -2.55. The molecule has 3 aromatic rings. The van der Waals surface area contributed by atoms with E-state index in [0.717, 1.165) is 29.8 Å². The van der Waals surface area contributed by atoms with Crippen LogP contribution >= 0.6 is 0 Å². The van der Waals surface area contributed by atoms with Crippen LogP contribution in [-0.2, 0) is 13.0 Å². The van der Waals surface area contributed by atoms with Gasteiger partial charge < -0.3 is 9.52 Å². The average molecular weight is 264 g/mol. The minimum atomic E-state index is 0.350. The lowest BCUT2D eigenvalue weighted by Gasteiger charge is -2.16. The zero-order chi connectivity index (χ0) is 13.5. The van der Waals surface area contributed by atoms with Gasteiger partial charge in [0.2, 0.25) is 5.69 Å². The van der Waals surface area contributed by atoms with Crippen LogP contribution in [0.1, 0.15) is 16.8 Å². The maximum Gasteiger partial charge on any atom is 0.228 e. The molecule has 0 aliphatic carbocycles. The summed E-state index contributed by atoms with van der Waals surface area (Å²) < 4.78 is 7.22. The Bertz CT molecular complexity index is 776. The molecule has 2 aromatic heterocycles. The quantitative estimate of drug-likeness (QED) is 0.537. The number of pyridine rings is 1. The summed E-state index contributed by atoms with van der Waals surface area (Å²) in [5.74, 6) is 0.350. The average Bonchev–Trinajstić information content (AvgIpc) is 3.00. The maximum absolute atomic E-state index is 10.6. The van der Waals surface area contributed by atoms with E-state index in [1.165, 1.54) is 11.1 Å². The Morgan fingerprint density at radius 3 is 2.70 bits per heavy atom. The molecule has 1 aliphatic heterocycles. The molecule has 0 bridgehead atoms. The summed E-state index contributed by atoms with van der Waals surface area (Å²) in [7, 11) is 0. The second-order valence-electron chi connectivity index (χ2n) is 5.11. The summed E-state index contributed by atoms with van der Waals surface area (Å²) in [6, 6.07) is 12.2. The number of aromatic nitrogens is 1. The standard InChI is InChI=1S/C17H13NO2/c19-17-15(14-6-8-20-11-14)5-7-18-10-13-4-2-1-3-12(13)9-16(17)18/h1-8,11H,9-10H2/p+1. The fourth-order valence-electron chi connectivity index (χ4n) is 2.86. The van der Waals surface area contributed by atoms with Crippen molar-refractivity contribution >= 4 is 0 Å². The lowest BCUT2D eigenvalue weighted by atomic mass is 9.96. The third-order valence-electron chi connectivity index (χ3n) is 3.95. The van der Waals surface area contributed by atoms with Crippen molar-refractivity contribution in [1.29, 1.82) is 0 Å². The van der Waals surface area contributed by atoms with Crippen LogP contribution in [0.5, 0.6) is 5.75 Å². The van der Waals surface area contributed by atoms with E-state index in [2.05, 4.69) is 22.8 Å². The van der Waals surface area contributed by atoms with Crippen LogP contribution < -0.4 is 4.57 Å². The van der Waals surface area contributed by atoms with Gasteiger partial charge in [-0.25, -0.2) is 0 Å². The molecular formula is C17H14NO2+. The summed E-state index contributed by atoms with van der Waals surface area (Å²) in [4.78, 5) is 0. The van der Waals surface area contributed by atoms with E-state index < -0.39 is 0 Å². The Balaban J connectivity index is 1.85. The van der Waals surface area contributed by atoms with Gasteiger partial charge in [0.25, 0.3) is 0 Å². The van der Waals surface area contributed by atoms with Crippen molar-refractivity contribution in [3.05, 3.63) is 71.9 Å². The first-order valence-electron chi connectivity index (χ1n) is 6.66. The van der Waals surface area contributed by atoms with Gasteiger partial charge in [-0.1, -0.05) is 24.3 Å². The van der Waals surface area contributed by atoms with E-state index in [0.29, 0.717) is 5.75 Å². The molecule has 0 atom stereocenters. The highest BCUT2D eigenvalue weighted by molar-refractivity contribution is 5.69. The normalized spacial score (nSPS) is 12.8. The van der Waals surface area contributed by atoms with Crippen LogP contribution in [0.2, 0.25) is 0 Å². The second kappa shape index (κ2) is 4.23. The first-order valence-corrected chi connectivity index (χ1v) is 6.66. The molecule has 3 heteroatoms. The molecule has 98 valence electrons. The SMILES string of the molecule is Oc1c(-c2ccoc2)cc[n+]2c1Cc1ccccc1C2. The largest absolute Gasteiger partial charge is 0.502 e. The van der Waals surface area contributed by atoms with Gasteiger partial charge in [0.05, 0.1) is 18.9 Å². The topological polar surface area (TPSA) is 37.3 Å². The Kier molecular flexibility index (Phi) is 2.39. The van der Waals surface area contributed by atoms with E-state index >= 15 is 0 Å². The summed E-state index contributed by atoms with van der Waals surface area (Å²) in [6.07, 6.45) is 6.07. The summed E-state index contributed by atoms with van der Waals surface area (Å²) in [5.41, 5.74) is 5.30. The van der Waals surface area contributed by atoms with Gasteiger partial charge in [-0.2, -0.15) is 4.57 Å². The predicted molar refractivity (Wildman–Crippen MR) is 74.4 cm³/mol.